The molecule has 0 fully saturated rings. The number of anilines is 1. The van der Waals surface area contributed by atoms with E-state index in [9.17, 15) is 4.79 Å². The summed E-state index contributed by atoms with van der Waals surface area (Å²) in [5, 5.41) is 3.02. The van der Waals surface area contributed by atoms with Crippen molar-refractivity contribution in [2.75, 3.05) is 5.32 Å². The Labute approximate surface area is 118 Å². The van der Waals surface area contributed by atoms with Crippen molar-refractivity contribution in [3.63, 3.8) is 0 Å². The smallest absolute Gasteiger partial charge is 0.227 e. The molecular formula is C15H22BrNO. The second-order valence-electron chi connectivity index (χ2n) is 4.73. The zero-order valence-corrected chi connectivity index (χ0v) is 13.0. The number of rotatable bonds is 6. The molecule has 1 N–H and O–H groups in total. The highest BCUT2D eigenvalue weighted by Gasteiger charge is 2.16. The van der Waals surface area contributed by atoms with Crippen LogP contribution in [0.1, 0.15) is 45.1 Å². The summed E-state index contributed by atoms with van der Waals surface area (Å²) in [5.41, 5.74) is 2.02. The van der Waals surface area contributed by atoms with Crippen LogP contribution in [0.5, 0.6) is 0 Å². The maximum Gasteiger partial charge on any atom is 0.227 e. The third kappa shape index (κ3) is 4.45. The molecule has 1 rings (SSSR count). The van der Waals surface area contributed by atoms with Gasteiger partial charge in [0, 0.05) is 16.1 Å². The summed E-state index contributed by atoms with van der Waals surface area (Å²) in [6.07, 6.45) is 4.04. The molecule has 18 heavy (non-hydrogen) atoms. The molecule has 0 spiro atoms. The van der Waals surface area contributed by atoms with Gasteiger partial charge in [-0.3, -0.25) is 4.79 Å². The van der Waals surface area contributed by atoms with Crippen LogP contribution in [0.3, 0.4) is 0 Å². The van der Waals surface area contributed by atoms with Crippen LogP contribution in [0.25, 0.3) is 0 Å². The van der Waals surface area contributed by atoms with E-state index in [0.29, 0.717) is 0 Å². The standard InChI is InChI=1S/C15H22BrNO/c1-4-6-12(7-5-2)15(18)17-13-8-9-14(16)11(3)10-13/h8-10,12H,4-7H2,1-3H3,(H,17,18). The molecule has 1 aromatic rings. The Hall–Kier alpha value is -0.830. The van der Waals surface area contributed by atoms with E-state index >= 15 is 0 Å². The van der Waals surface area contributed by atoms with Crippen molar-refractivity contribution in [2.24, 2.45) is 5.92 Å². The summed E-state index contributed by atoms with van der Waals surface area (Å²) < 4.78 is 1.07. The van der Waals surface area contributed by atoms with Gasteiger partial charge in [-0.1, -0.05) is 42.6 Å². The third-order valence-corrected chi connectivity index (χ3v) is 3.96. The molecule has 0 heterocycles. The number of aryl methyl sites for hydroxylation is 1. The number of hydrogen-bond donors (Lipinski definition) is 1. The molecule has 0 aromatic heterocycles. The van der Waals surface area contributed by atoms with E-state index < -0.39 is 0 Å². The highest BCUT2D eigenvalue weighted by Crippen LogP contribution is 2.22. The number of carbonyl (C=O) groups excluding carboxylic acids is 1. The van der Waals surface area contributed by atoms with E-state index in [2.05, 4.69) is 35.1 Å². The van der Waals surface area contributed by atoms with Gasteiger partial charge in [-0.2, -0.15) is 0 Å². The molecule has 3 heteroatoms. The van der Waals surface area contributed by atoms with Gasteiger partial charge in [-0.25, -0.2) is 0 Å². The summed E-state index contributed by atoms with van der Waals surface area (Å²) >= 11 is 3.46. The van der Waals surface area contributed by atoms with Crippen LogP contribution >= 0.6 is 15.9 Å². The van der Waals surface area contributed by atoms with Crippen molar-refractivity contribution < 1.29 is 4.79 Å². The normalized spacial score (nSPS) is 10.7. The topological polar surface area (TPSA) is 29.1 Å². The Kier molecular flexibility index (Phi) is 6.41. The Morgan fingerprint density at radius 2 is 1.89 bits per heavy atom. The first-order valence-corrected chi connectivity index (χ1v) is 7.44. The highest BCUT2D eigenvalue weighted by molar-refractivity contribution is 9.10. The lowest BCUT2D eigenvalue weighted by molar-refractivity contribution is -0.120. The predicted octanol–water partition coefficient (Wildman–Crippen LogP) is 4.91. The van der Waals surface area contributed by atoms with Crippen LogP contribution in [0.2, 0.25) is 0 Å². The lowest BCUT2D eigenvalue weighted by Gasteiger charge is -2.15. The Bertz CT molecular complexity index is 397. The molecule has 0 aliphatic carbocycles. The quantitative estimate of drug-likeness (QED) is 0.794. The van der Waals surface area contributed by atoms with Crippen molar-refractivity contribution in [1.29, 1.82) is 0 Å². The molecule has 0 bridgehead atoms. The van der Waals surface area contributed by atoms with E-state index in [1.165, 1.54) is 0 Å². The summed E-state index contributed by atoms with van der Waals surface area (Å²) in [7, 11) is 0. The van der Waals surface area contributed by atoms with Gasteiger partial charge in [0.15, 0.2) is 0 Å². The average Bonchev–Trinajstić information content (AvgIpc) is 2.33. The average molecular weight is 312 g/mol. The van der Waals surface area contributed by atoms with Crippen LogP contribution in [-0.4, -0.2) is 5.91 Å². The van der Waals surface area contributed by atoms with Gasteiger partial charge in [0.25, 0.3) is 0 Å². The van der Waals surface area contributed by atoms with Crippen molar-refractivity contribution in [3.05, 3.63) is 28.2 Å². The molecule has 1 amide bonds. The van der Waals surface area contributed by atoms with Crippen LogP contribution in [-0.2, 0) is 4.79 Å². The van der Waals surface area contributed by atoms with Gasteiger partial charge in [0.2, 0.25) is 5.91 Å². The number of benzene rings is 1. The van der Waals surface area contributed by atoms with E-state index in [1.807, 2.05) is 25.1 Å². The molecule has 2 nitrogen and oxygen atoms in total. The van der Waals surface area contributed by atoms with Crippen LogP contribution in [0, 0.1) is 12.8 Å². The Morgan fingerprint density at radius 1 is 1.28 bits per heavy atom. The van der Waals surface area contributed by atoms with E-state index in [1.54, 1.807) is 0 Å². The van der Waals surface area contributed by atoms with Gasteiger partial charge in [0.1, 0.15) is 0 Å². The van der Waals surface area contributed by atoms with Crippen LogP contribution in [0.15, 0.2) is 22.7 Å². The second-order valence-corrected chi connectivity index (χ2v) is 5.58. The molecule has 0 saturated heterocycles. The summed E-state index contributed by atoms with van der Waals surface area (Å²) in [6.45, 7) is 6.27. The van der Waals surface area contributed by atoms with Gasteiger partial charge in [-0.15, -0.1) is 0 Å². The van der Waals surface area contributed by atoms with Gasteiger partial charge >= 0.3 is 0 Å². The molecule has 0 atom stereocenters. The first-order chi connectivity index (χ1) is 8.58. The number of carbonyl (C=O) groups is 1. The lowest BCUT2D eigenvalue weighted by atomic mass is 9.97. The minimum atomic E-state index is 0.143. The fourth-order valence-electron chi connectivity index (χ4n) is 2.07. The SMILES string of the molecule is CCCC(CCC)C(=O)Nc1ccc(Br)c(C)c1. The molecule has 0 unspecified atom stereocenters. The first kappa shape index (κ1) is 15.2. The highest BCUT2D eigenvalue weighted by atomic mass is 79.9. The maximum absolute atomic E-state index is 12.2. The predicted molar refractivity (Wildman–Crippen MR) is 80.8 cm³/mol. The summed E-state index contributed by atoms with van der Waals surface area (Å²) in [4.78, 5) is 12.2. The van der Waals surface area contributed by atoms with Gasteiger partial charge in [0.05, 0.1) is 0 Å². The minimum absolute atomic E-state index is 0.143. The third-order valence-electron chi connectivity index (χ3n) is 3.07. The largest absolute Gasteiger partial charge is 0.326 e. The minimum Gasteiger partial charge on any atom is -0.326 e. The second kappa shape index (κ2) is 7.57. The number of amides is 1. The zero-order valence-electron chi connectivity index (χ0n) is 11.4. The summed E-state index contributed by atoms with van der Waals surface area (Å²) in [6, 6.07) is 5.90. The first-order valence-electron chi connectivity index (χ1n) is 6.65. The van der Waals surface area contributed by atoms with Crippen molar-refractivity contribution in [1.82, 2.24) is 0 Å². The molecule has 0 radical (unpaired) electrons. The van der Waals surface area contributed by atoms with E-state index in [-0.39, 0.29) is 11.8 Å². The van der Waals surface area contributed by atoms with Crippen LogP contribution < -0.4 is 5.32 Å². The number of halogens is 1. The number of nitrogens with one attached hydrogen (secondary N) is 1. The van der Waals surface area contributed by atoms with Crippen molar-refractivity contribution in [3.8, 4) is 0 Å². The molecule has 0 saturated carbocycles. The molecule has 0 aliphatic heterocycles. The van der Waals surface area contributed by atoms with Crippen LogP contribution in [0.4, 0.5) is 5.69 Å². The maximum atomic E-state index is 12.2. The molecule has 0 aliphatic rings. The fourth-order valence-corrected chi connectivity index (χ4v) is 2.32. The molecular weight excluding hydrogens is 290 g/mol. The molecule has 100 valence electrons. The monoisotopic (exact) mass is 311 g/mol. The summed E-state index contributed by atoms with van der Waals surface area (Å²) in [5.74, 6) is 0.296. The zero-order chi connectivity index (χ0) is 13.5. The molecule has 1 aromatic carbocycles. The lowest BCUT2D eigenvalue weighted by Crippen LogP contribution is -2.22. The van der Waals surface area contributed by atoms with Crippen molar-refractivity contribution >= 4 is 27.5 Å². The van der Waals surface area contributed by atoms with E-state index in [4.69, 9.17) is 0 Å². The number of hydrogen-bond acceptors (Lipinski definition) is 1. The Balaban J connectivity index is 2.69. The fraction of sp³-hybridized carbons (Fsp3) is 0.533. The Morgan fingerprint density at radius 3 is 2.39 bits per heavy atom. The van der Waals surface area contributed by atoms with Gasteiger partial charge in [-0.05, 0) is 43.5 Å². The van der Waals surface area contributed by atoms with Gasteiger partial charge < -0.3 is 5.32 Å². The van der Waals surface area contributed by atoms with E-state index in [0.717, 1.165) is 41.4 Å². The van der Waals surface area contributed by atoms with Crippen molar-refractivity contribution in [2.45, 2.75) is 46.5 Å².